The van der Waals surface area contributed by atoms with Gasteiger partial charge in [0.1, 0.15) is 18.3 Å². The average molecular weight is 362 g/mol. The predicted octanol–water partition coefficient (Wildman–Crippen LogP) is -1.11. The molecule has 3 aromatic rings. The number of methoxy groups -OCH3 is 1. The van der Waals surface area contributed by atoms with Crippen molar-refractivity contribution >= 4 is 33.8 Å². The molecule has 1 saturated heterocycles. The minimum Gasteiger partial charge on any atom is -0.387 e. The van der Waals surface area contributed by atoms with Gasteiger partial charge in [0.2, 0.25) is 11.9 Å². The number of ether oxygens (including phenoxy) is 2. The van der Waals surface area contributed by atoms with E-state index in [1.165, 1.54) is 7.11 Å². The van der Waals surface area contributed by atoms with Gasteiger partial charge >= 0.3 is 0 Å². The number of aliphatic hydroxyl groups excluding tert-OH is 2. The van der Waals surface area contributed by atoms with Crippen LogP contribution in [-0.4, -0.2) is 68.4 Å². The van der Waals surface area contributed by atoms with Crippen LogP contribution in [0, 0.1) is 0 Å². The Hall–Kier alpha value is -2.73. The van der Waals surface area contributed by atoms with Gasteiger partial charge in [-0.15, -0.1) is 0 Å². The van der Waals surface area contributed by atoms with E-state index in [2.05, 4.69) is 25.3 Å². The number of fused-ring (bicyclic) bond motifs is 2. The number of rotatable bonds is 4. The third-order valence-corrected chi connectivity index (χ3v) is 4.35. The second-order valence-electron chi connectivity index (χ2n) is 6.06. The van der Waals surface area contributed by atoms with Crippen LogP contribution in [-0.2, 0) is 9.47 Å². The van der Waals surface area contributed by atoms with Crippen molar-refractivity contribution < 1.29 is 19.7 Å². The van der Waals surface area contributed by atoms with Gasteiger partial charge in [0.15, 0.2) is 6.29 Å². The Morgan fingerprint density at radius 1 is 1.27 bits per heavy atom. The van der Waals surface area contributed by atoms with Crippen molar-refractivity contribution in [1.29, 1.82) is 0 Å². The lowest BCUT2D eigenvalue weighted by atomic mass is 10.1. The number of nitrogens with one attached hydrogen (secondary N) is 3. The molecule has 1 aromatic carbocycles. The summed E-state index contributed by atoms with van der Waals surface area (Å²) >= 11 is 0. The summed E-state index contributed by atoms with van der Waals surface area (Å²) in [6.07, 6.45) is -3.73. The molecule has 11 heteroatoms. The van der Waals surface area contributed by atoms with Gasteiger partial charge in [-0.3, -0.25) is 9.78 Å². The summed E-state index contributed by atoms with van der Waals surface area (Å²) in [4.78, 5) is 25.9. The highest BCUT2D eigenvalue weighted by Crippen LogP contribution is 2.23. The molecule has 11 nitrogen and oxygen atoms in total. The van der Waals surface area contributed by atoms with Gasteiger partial charge in [-0.25, -0.2) is 9.97 Å². The summed E-state index contributed by atoms with van der Waals surface area (Å²) in [7, 11) is 1.39. The fraction of sp³-hybridized carbons (Fsp3) is 0.400. The minimum absolute atomic E-state index is 0.0364. The summed E-state index contributed by atoms with van der Waals surface area (Å²) in [5.41, 5.74) is 6.91. The van der Waals surface area contributed by atoms with E-state index in [9.17, 15) is 15.0 Å². The fourth-order valence-electron chi connectivity index (χ4n) is 3.02. The first-order valence-corrected chi connectivity index (χ1v) is 7.94. The van der Waals surface area contributed by atoms with Crippen LogP contribution in [0.3, 0.4) is 0 Å². The molecule has 0 bridgehead atoms. The number of nitrogens with two attached hydrogens (primary N) is 1. The number of aliphatic hydroxyl groups is 2. The van der Waals surface area contributed by atoms with Gasteiger partial charge in [-0.1, -0.05) is 0 Å². The van der Waals surface area contributed by atoms with Crippen LogP contribution >= 0.6 is 0 Å². The maximum absolute atomic E-state index is 12.0. The Kier molecular flexibility index (Phi) is 4.00. The maximum Gasteiger partial charge on any atom is 0.260 e. The SMILES string of the molecule is CO[C@@H]1O[C@H](CNc2nc3cc4nc(N)[nH]c(=O)c4cc3[nH]2)[C@@H](O)[C@H]1O. The molecule has 1 fully saturated rings. The highest BCUT2D eigenvalue weighted by Gasteiger charge is 2.42. The van der Waals surface area contributed by atoms with Crippen molar-refractivity contribution in [3.8, 4) is 0 Å². The van der Waals surface area contributed by atoms with E-state index in [0.717, 1.165) is 0 Å². The van der Waals surface area contributed by atoms with Gasteiger partial charge in [0, 0.05) is 13.7 Å². The largest absolute Gasteiger partial charge is 0.387 e. The number of hydrogen-bond acceptors (Lipinski definition) is 9. The first kappa shape index (κ1) is 16.7. The Morgan fingerprint density at radius 2 is 2.08 bits per heavy atom. The monoisotopic (exact) mass is 362 g/mol. The van der Waals surface area contributed by atoms with Gasteiger partial charge in [0.05, 0.1) is 21.9 Å². The number of aromatic nitrogens is 4. The van der Waals surface area contributed by atoms with Crippen LogP contribution in [0.2, 0.25) is 0 Å². The third kappa shape index (κ3) is 2.76. The third-order valence-electron chi connectivity index (χ3n) is 4.35. The van der Waals surface area contributed by atoms with Gasteiger partial charge in [0.25, 0.3) is 5.56 Å². The predicted molar refractivity (Wildman–Crippen MR) is 92.6 cm³/mol. The van der Waals surface area contributed by atoms with Gasteiger partial charge < -0.3 is 35.7 Å². The minimum atomic E-state index is -1.11. The molecule has 138 valence electrons. The van der Waals surface area contributed by atoms with Crippen LogP contribution in [0.5, 0.6) is 0 Å². The molecule has 26 heavy (non-hydrogen) atoms. The second-order valence-corrected chi connectivity index (χ2v) is 6.06. The number of nitrogen functional groups attached to an aromatic ring is 1. The zero-order valence-corrected chi connectivity index (χ0v) is 13.8. The molecule has 1 aliphatic rings. The molecular weight excluding hydrogens is 344 g/mol. The van der Waals surface area contributed by atoms with E-state index in [4.69, 9.17) is 15.2 Å². The number of benzene rings is 1. The summed E-state index contributed by atoms with van der Waals surface area (Å²) in [5.74, 6) is 0.459. The smallest absolute Gasteiger partial charge is 0.260 e. The van der Waals surface area contributed by atoms with E-state index in [-0.39, 0.29) is 18.1 Å². The number of imidazole rings is 1. The molecule has 7 N–H and O–H groups in total. The average Bonchev–Trinajstić information content (AvgIpc) is 3.12. The Bertz CT molecular complexity index is 1020. The molecule has 3 heterocycles. The van der Waals surface area contributed by atoms with Crippen molar-refractivity contribution in [2.75, 3.05) is 24.7 Å². The second kappa shape index (κ2) is 6.21. The van der Waals surface area contributed by atoms with Crippen LogP contribution < -0.4 is 16.6 Å². The van der Waals surface area contributed by atoms with E-state index in [0.29, 0.717) is 27.9 Å². The quantitative estimate of drug-likeness (QED) is 0.336. The van der Waals surface area contributed by atoms with Gasteiger partial charge in [-0.2, -0.15) is 0 Å². The summed E-state index contributed by atoms with van der Waals surface area (Å²) in [6.45, 7) is 0.198. The maximum atomic E-state index is 12.0. The van der Waals surface area contributed by atoms with Crippen molar-refractivity contribution in [2.45, 2.75) is 24.6 Å². The molecular formula is C15H18N6O5. The van der Waals surface area contributed by atoms with Crippen LogP contribution in [0.4, 0.5) is 11.9 Å². The Balaban J connectivity index is 1.57. The number of H-pyrrole nitrogens is 2. The van der Waals surface area contributed by atoms with E-state index < -0.39 is 24.6 Å². The Morgan fingerprint density at radius 3 is 2.81 bits per heavy atom. The van der Waals surface area contributed by atoms with E-state index in [1.807, 2.05) is 0 Å². The number of hydrogen-bond donors (Lipinski definition) is 6. The van der Waals surface area contributed by atoms with Crippen molar-refractivity contribution in [1.82, 2.24) is 19.9 Å². The molecule has 1 aliphatic heterocycles. The standard InChI is InChI=1S/C15H18N6O5/c1-25-13-11(23)10(22)9(26-13)4-17-15-19-7-2-5-6(3-8(7)20-15)18-14(16)21-12(5)24/h2-3,9-11,13,22-23H,4H2,1H3,(H2,17,19,20)(H3,16,18,21,24)/t9-,10-,11-,13-/m1/s1. The topological polar surface area (TPSA) is 171 Å². The molecule has 0 spiro atoms. The van der Waals surface area contributed by atoms with Crippen LogP contribution in [0.15, 0.2) is 16.9 Å². The molecule has 4 atom stereocenters. The summed E-state index contributed by atoms with van der Waals surface area (Å²) in [5, 5.41) is 23.2. The lowest BCUT2D eigenvalue weighted by Crippen LogP contribution is -2.35. The zero-order valence-electron chi connectivity index (χ0n) is 13.8. The van der Waals surface area contributed by atoms with E-state index >= 15 is 0 Å². The fourth-order valence-corrected chi connectivity index (χ4v) is 3.02. The number of aromatic amines is 2. The summed E-state index contributed by atoms with van der Waals surface area (Å²) in [6, 6.07) is 3.29. The molecule has 2 aromatic heterocycles. The zero-order chi connectivity index (χ0) is 18.4. The van der Waals surface area contributed by atoms with Crippen LogP contribution in [0.1, 0.15) is 0 Å². The molecule has 0 unspecified atom stereocenters. The van der Waals surface area contributed by atoms with Crippen LogP contribution in [0.25, 0.3) is 21.9 Å². The lowest BCUT2D eigenvalue weighted by Gasteiger charge is -2.14. The molecule has 0 aliphatic carbocycles. The molecule has 0 radical (unpaired) electrons. The highest BCUT2D eigenvalue weighted by molar-refractivity contribution is 5.93. The first-order valence-electron chi connectivity index (χ1n) is 7.94. The normalized spacial score (nSPS) is 26.0. The van der Waals surface area contributed by atoms with Gasteiger partial charge in [-0.05, 0) is 12.1 Å². The van der Waals surface area contributed by atoms with Crippen molar-refractivity contribution in [3.05, 3.63) is 22.5 Å². The van der Waals surface area contributed by atoms with Crippen molar-refractivity contribution in [2.24, 2.45) is 0 Å². The highest BCUT2D eigenvalue weighted by atomic mass is 16.7. The summed E-state index contributed by atoms with van der Waals surface area (Å²) < 4.78 is 10.4. The Labute approximate surface area is 146 Å². The molecule has 0 amide bonds. The molecule has 4 rings (SSSR count). The van der Waals surface area contributed by atoms with Crippen molar-refractivity contribution in [3.63, 3.8) is 0 Å². The number of nitrogens with zero attached hydrogens (tertiary/aromatic N) is 2. The lowest BCUT2D eigenvalue weighted by molar-refractivity contribution is -0.146. The van der Waals surface area contributed by atoms with E-state index in [1.54, 1.807) is 12.1 Å². The first-order chi connectivity index (χ1) is 12.5. The number of anilines is 2. The molecule has 0 saturated carbocycles.